The highest BCUT2D eigenvalue weighted by Gasteiger charge is 2.29. The first-order valence-corrected chi connectivity index (χ1v) is 10.8. The van der Waals surface area contributed by atoms with Crippen molar-refractivity contribution in [2.75, 3.05) is 26.3 Å². The van der Waals surface area contributed by atoms with E-state index in [2.05, 4.69) is 15.2 Å². The summed E-state index contributed by atoms with van der Waals surface area (Å²) in [5, 5.41) is 7.89. The minimum Gasteiger partial charge on any atom is -0.448 e. The van der Waals surface area contributed by atoms with E-state index in [4.69, 9.17) is 13.9 Å². The number of carbonyl (C=O) groups is 1. The molecule has 1 aromatic carbocycles. The molecule has 3 heterocycles. The zero-order chi connectivity index (χ0) is 21.1. The second-order valence-corrected chi connectivity index (χ2v) is 8.56. The molecule has 3 aromatic rings. The Bertz CT molecular complexity index is 1120. The average molecular weight is 432 g/mol. The summed E-state index contributed by atoms with van der Waals surface area (Å²) < 4.78 is 42.8. The van der Waals surface area contributed by atoms with Gasteiger partial charge in [0.25, 0.3) is 5.89 Å². The van der Waals surface area contributed by atoms with Gasteiger partial charge in [-0.25, -0.2) is 13.2 Å². The molecule has 0 saturated carbocycles. The fraction of sp³-hybridized carbons (Fsp3) is 0.316. The van der Waals surface area contributed by atoms with Crippen molar-refractivity contribution in [3.05, 3.63) is 54.2 Å². The van der Waals surface area contributed by atoms with Crippen molar-refractivity contribution in [2.45, 2.75) is 17.9 Å². The van der Waals surface area contributed by atoms with E-state index in [1.807, 2.05) is 30.3 Å². The monoisotopic (exact) mass is 432 g/mol. The molecule has 1 aliphatic rings. The molecule has 1 saturated heterocycles. The molecular formula is C19H20N4O6S. The number of nitrogens with zero attached hydrogens (tertiary/aromatic N) is 3. The van der Waals surface area contributed by atoms with Crippen molar-refractivity contribution >= 4 is 16.0 Å². The van der Waals surface area contributed by atoms with Crippen molar-refractivity contribution in [3.8, 4) is 11.5 Å². The normalized spacial score (nSPS) is 16.3. The second kappa shape index (κ2) is 8.38. The zero-order valence-corrected chi connectivity index (χ0v) is 17.0. The smallest absolute Gasteiger partial charge is 0.355 e. The number of hydrogen-bond donors (Lipinski definition) is 1. The summed E-state index contributed by atoms with van der Waals surface area (Å²) in [4.78, 5) is 15.1. The van der Waals surface area contributed by atoms with Crippen molar-refractivity contribution in [1.82, 2.24) is 19.5 Å². The summed E-state index contributed by atoms with van der Waals surface area (Å²) in [6, 6.07) is 10.5. The Labute approximate surface area is 172 Å². The maximum absolute atomic E-state index is 12.7. The predicted molar refractivity (Wildman–Crippen MR) is 104 cm³/mol. The first-order chi connectivity index (χ1) is 14.4. The van der Waals surface area contributed by atoms with E-state index in [-0.39, 0.29) is 29.6 Å². The Balaban J connectivity index is 1.44. The van der Waals surface area contributed by atoms with Crippen molar-refractivity contribution in [1.29, 1.82) is 0 Å². The maximum atomic E-state index is 12.7. The lowest BCUT2D eigenvalue weighted by molar-refractivity contribution is 0.0273. The highest BCUT2D eigenvalue weighted by molar-refractivity contribution is 7.89. The standard InChI is InChI=1S/C19H20N4O6S/c1-13(17-21-22-18(29-17)14-5-3-2-4-6-14)28-19(24)16-11-15(12-20-16)30(25,26)23-7-9-27-10-8-23/h2-6,11-13,20H,7-10H2,1H3. The molecule has 1 N–H and O–H groups in total. The molecule has 2 aromatic heterocycles. The molecule has 4 rings (SSSR count). The van der Waals surface area contributed by atoms with Gasteiger partial charge in [-0.1, -0.05) is 18.2 Å². The number of hydrogen-bond acceptors (Lipinski definition) is 8. The lowest BCUT2D eigenvalue weighted by Crippen LogP contribution is -2.40. The molecule has 0 bridgehead atoms. The van der Waals surface area contributed by atoms with Gasteiger partial charge in [-0.05, 0) is 25.1 Å². The molecule has 0 aliphatic carbocycles. The molecule has 0 spiro atoms. The molecular weight excluding hydrogens is 412 g/mol. The lowest BCUT2D eigenvalue weighted by Gasteiger charge is -2.25. The van der Waals surface area contributed by atoms with Gasteiger partial charge in [-0.15, -0.1) is 10.2 Å². The number of H-pyrrole nitrogens is 1. The zero-order valence-electron chi connectivity index (χ0n) is 16.1. The van der Waals surface area contributed by atoms with Crippen molar-refractivity contribution in [2.24, 2.45) is 0 Å². The van der Waals surface area contributed by atoms with Crippen LogP contribution in [0.15, 0.2) is 51.9 Å². The maximum Gasteiger partial charge on any atom is 0.355 e. The van der Waals surface area contributed by atoms with Crippen LogP contribution in [-0.2, 0) is 19.5 Å². The van der Waals surface area contributed by atoms with Crippen LogP contribution < -0.4 is 0 Å². The molecule has 0 radical (unpaired) electrons. The second-order valence-electron chi connectivity index (χ2n) is 6.62. The van der Waals surface area contributed by atoms with Crippen molar-refractivity contribution in [3.63, 3.8) is 0 Å². The Morgan fingerprint density at radius 2 is 1.93 bits per heavy atom. The number of sulfonamides is 1. The van der Waals surface area contributed by atoms with E-state index in [0.717, 1.165) is 5.56 Å². The quantitative estimate of drug-likeness (QED) is 0.586. The molecule has 1 atom stereocenters. The largest absolute Gasteiger partial charge is 0.448 e. The van der Waals surface area contributed by atoms with Crippen LogP contribution in [0, 0.1) is 0 Å². The molecule has 158 valence electrons. The highest BCUT2D eigenvalue weighted by Crippen LogP contribution is 2.24. The van der Waals surface area contributed by atoms with Gasteiger partial charge in [0.15, 0.2) is 6.10 Å². The number of aromatic nitrogens is 3. The minimum absolute atomic E-state index is 0.00634. The highest BCUT2D eigenvalue weighted by atomic mass is 32.2. The molecule has 1 unspecified atom stereocenters. The molecule has 0 amide bonds. The Kier molecular flexibility index (Phi) is 5.66. The average Bonchev–Trinajstić information content (AvgIpc) is 3.46. The Morgan fingerprint density at radius 1 is 1.20 bits per heavy atom. The van der Waals surface area contributed by atoms with Gasteiger partial charge in [0.1, 0.15) is 10.6 Å². The minimum atomic E-state index is -3.71. The number of nitrogens with one attached hydrogen (secondary N) is 1. The fourth-order valence-corrected chi connectivity index (χ4v) is 4.35. The first kappa shape index (κ1) is 20.3. The summed E-state index contributed by atoms with van der Waals surface area (Å²) in [6.45, 7) is 2.81. The van der Waals surface area contributed by atoms with Gasteiger partial charge in [0.05, 0.1) is 13.2 Å². The first-order valence-electron chi connectivity index (χ1n) is 9.31. The molecule has 30 heavy (non-hydrogen) atoms. The lowest BCUT2D eigenvalue weighted by atomic mass is 10.2. The summed E-state index contributed by atoms with van der Waals surface area (Å²) in [7, 11) is -3.71. The summed E-state index contributed by atoms with van der Waals surface area (Å²) in [6.07, 6.45) is 0.455. The van der Waals surface area contributed by atoms with Crippen LogP contribution in [-0.4, -0.2) is 60.2 Å². The van der Waals surface area contributed by atoms with Crippen LogP contribution in [0.1, 0.15) is 29.4 Å². The number of rotatable bonds is 6. The molecule has 11 heteroatoms. The molecule has 1 aliphatic heterocycles. The van der Waals surface area contributed by atoms with Gasteiger partial charge < -0.3 is 18.9 Å². The number of esters is 1. The van der Waals surface area contributed by atoms with Gasteiger partial charge in [0, 0.05) is 24.8 Å². The third kappa shape index (κ3) is 4.13. The van der Waals surface area contributed by atoms with Crippen LogP contribution in [0.4, 0.5) is 0 Å². The number of carbonyl (C=O) groups excluding carboxylic acids is 1. The van der Waals surface area contributed by atoms with E-state index in [0.29, 0.717) is 19.1 Å². The van der Waals surface area contributed by atoms with E-state index < -0.39 is 22.1 Å². The third-order valence-electron chi connectivity index (χ3n) is 4.58. The third-order valence-corrected chi connectivity index (χ3v) is 6.45. The van der Waals surface area contributed by atoms with Crippen molar-refractivity contribution < 1.29 is 27.1 Å². The van der Waals surface area contributed by atoms with Crippen LogP contribution in [0.25, 0.3) is 11.5 Å². The number of morpholine rings is 1. The summed E-state index contributed by atoms with van der Waals surface area (Å²) >= 11 is 0. The van der Waals surface area contributed by atoms with E-state index in [1.54, 1.807) is 6.92 Å². The number of benzene rings is 1. The SMILES string of the molecule is CC(OC(=O)c1cc(S(=O)(=O)N2CCOCC2)c[nH]1)c1nnc(-c2ccccc2)o1. The summed E-state index contributed by atoms with van der Waals surface area (Å²) in [5.74, 6) is -0.285. The number of ether oxygens (including phenoxy) is 2. The van der Waals surface area contributed by atoms with E-state index in [1.165, 1.54) is 16.6 Å². The van der Waals surface area contributed by atoms with Gasteiger partial charge in [-0.3, -0.25) is 0 Å². The van der Waals surface area contributed by atoms with Crippen LogP contribution >= 0.6 is 0 Å². The Morgan fingerprint density at radius 3 is 2.67 bits per heavy atom. The molecule has 1 fully saturated rings. The van der Waals surface area contributed by atoms with Crippen LogP contribution in [0.5, 0.6) is 0 Å². The predicted octanol–water partition coefficient (Wildman–Crippen LogP) is 2.00. The topological polar surface area (TPSA) is 128 Å². The van der Waals surface area contributed by atoms with Gasteiger partial charge in [-0.2, -0.15) is 4.31 Å². The van der Waals surface area contributed by atoms with Crippen LogP contribution in [0.3, 0.4) is 0 Å². The summed E-state index contributed by atoms with van der Waals surface area (Å²) in [5.41, 5.74) is 0.758. The number of aromatic amines is 1. The van der Waals surface area contributed by atoms with E-state index in [9.17, 15) is 13.2 Å². The fourth-order valence-electron chi connectivity index (χ4n) is 2.95. The Hall–Kier alpha value is -3.02. The van der Waals surface area contributed by atoms with Crippen LogP contribution in [0.2, 0.25) is 0 Å². The van der Waals surface area contributed by atoms with Gasteiger partial charge in [0.2, 0.25) is 15.9 Å². The van der Waals surface area contributed by atoms with Gasteiger partial charge >= 0.3 is 5.97 Å². The molecule has 10 nitrogen and oxygen atoms in total. The van der Waals surface area contributed by atoms with E-state index >= 15 is 0 Å².